The van der Waals surface area contributed by atoms with E-state index in [4.69, 9.17) is 9.47 Å². The van der Waals surface area contributed by atoms with Gasteiger partial charge in [0.1, 0.15) is 0 Å². The standard InChI is InChI=1S/C14H25NO8S/c1-6-22-12(17)14(15-11(5)16,13(18)23-7-2)8-9(3)10(4)24(19,20)21/h9-10H,6-8H2,1-5H3,(H,15,16)(H,19,20,21). The monoisotopic (exact) mass is 367 g/mol. The molecule has 0 rings (SSSR count). The van der Waals surface area contributed by atoms with Gasteiger partial charge >= 0.3 is 11.9 Å². The molecule has 0 saturated carbocycles. The van der Waals surface area contributed by atoms with Gasteiger partial charge in [0.05, 0.1) is 18.5 Å². The second kappa shape index (κ2) is 8.97. The Kier molecular flexibility index (Phi) is 8.35. The summed E-state index contributed by atoms with van der Waals surface area (Å²) in [5.41, 5.74) is -2.18. The van der Waals surface area contributed by atoms with E-state index in [2.05, 4.69) is 5.32 Å². The van der Waals surface area contributed by atoms with Crippen molar-refractivity contribution in [1.82, 2.24) is 5.32 Å². The van der Waals surface area contributed by atoms with Crippen LogP contribution in [0.4, 0.5) is 0 Å². The summed E-state index contributed by atoms with van der Waals surface area (Å²) < 4.78 is 41.5. The Balaban J connectivity index is 5.92. The molecule has 0 heterocycles. The summed E-state index contributed by atoms with van der Waals surface area (Å²) >= 11 is 0. The zero-order valence-electron chi connectivity index (χ0n) is 14.5. The van der Waals surface area contributed by atoms with Crippen molar-refractivity contribution >= 4 is 28.0 Å². The maximum absolute atomic E-state index is 12.4. The van der Waals surface area contributed by atoms with Gasteiger partial charge in [0.25, 0.3) is 10.1 Å². The van der Waals surface area contributed by atoms with E-state index in [1.54, 1.807) is 0 Å². The van der Waals surface area contributed by atoms with Gasteiger partial charge < -0.3 is 14.8 Å². The SMILES string of the molecule is CCOC(=O)C(CC(C)C(C)S(=O)(=O)O)(NC(C)=O)C(=O)OCC. The fraction of sp³-hybridized carbons (Fsp3) is 0.786. The summed E-state index contributed by atoms with van der Waals surface area (Å²) in [5, 5.41) is 0.966. The summed E-state index contributed by atoms with van der Waals surface area (Å²) in [5.74, 6) is -3.65. The average molecular weight is 367 g/mol. The predicted molar refractivity (Wildman–Crippen MR) is 84.6 cm³/mol. The molecule has 0 aromatic carbocycles. The van der Waals surface area contributed by atoms with Crippen LogP contribution in [0.3, 0.4) is 0 Å². The van der Waals surface area contributed by atoms with Gasteiger partial charge in [-0.1, -0.05) is 6.92 Å². The molecule has 0 aliphatic carbocycles. The lowest BCUT2D eigenvalue weighted by Crippen LogP contribution is -2.62. The average Bonchev–Trinajstić information content (AvgIpc) is 2.44. The maximum atomic E-state index is 12.4. The van der Waals surface area contributed by atoms with Crippen molar-refractivity contribution in [3.63, 3.8) is 0 Å². The van der Waals surface area contributed by atoms with E-state index in [0.717, 1.165) is 6.92 Å². The molecule has 0 fully saturated rings. The molecule has 0 aromatic rings. The van der Waals surface area contributed by atoms with Crippen molar-refractivity contribution in [3.05, 3.63) is 0 Å². The Hall–Kier alpha value is -1.68. The van der Waals surface area contributed by atoms with Gasteiger partial charge in [-0.05, 0) is 33.1 Å². The van der Waals surface area contributed by atoms with E-state index in [0.29, 0.717) is 0 Å². The molecule has 1 amide bonds. The van der Waals surface area contributed by atoms with Gasteiger partial charge in [-0.15, -0.1) is 0 Å². The Morgan fingerprint density at radius 2 is 1.50 bits per heavy atom. The van der Waals surface area contributed by atoms with Gasteiger partial charge in [-0.25, -0.2) is 9.59 Å². The molecule has 0 aliphatic heterocycles. The van der Waals surface area contributed by atoms with Crippen LogP contribution in [0, 0.1) is 5.92 Å². The molecule has 0 radical (unpaired) electrons. The summed E-state index contributed by atoms with van der Waals surface area (Å²) in [6.07, 6.45) is -0.412. The fourth-order valence-electron chi connectivity index (χ4n) is 2.15. The Morgan fingerprint density at radius 1 is 1.08 bits per heavy atom. The molecule has 10 heteroatoms. The Labute approximate surface area is 141 Å². The molecule has 2 atom stereocenters. The zero-order valence-corrected chi connectivity index (χ0v) is 15.3. The van der Waals surface area contributed by atoms with Gasteiger partial charge in [-0.2, -0.15) is 8.42 Å². The zero-order chi connectivity index (χ0) is 19.1. The first-order chi connectivity index (χ1) is 10.9. The van der Waals surface area contributed by atoms with Crippen LogP contribution >= 0.6 is 0 Å². The van der Waals surface area contributed by atoms with Crippen LogP contribution in [0.25, 0.3) is 0 Å². The third-order valence-corrected chi connectivity index (χ3v) is 4.94. The van der Waals surface area contributed by atoms with Crippen LogP contribution in [0.15, 0.2) is 0 Å². The quantitative estimate of drug-likeness (QED) is 0.337. The molecule has 0 aromatic heterocycles. The van der Waals surface area contributed by atoms with Crippen molar-refractivity contribution < 1.29 is 36.8 Å². The second-order valence-electron chi connectivity index (χ2n) is 5.43. The number of hydrogen-bond donors (Lipinski definition) is 2. The van der Waals surface area contributed by atoms with Crippen LogP contribution in [-0.2, 0) is 34.0 Å². The van der Waals surface area contributed by atoms with E-state index >= 15 is 0 Å². The Bertz CT molecular complexity index is 553. The number of rotatable bonds is 9. The predicted octanol–water partition coefficient (Wildman–Crippen LogP) is 0.290. The van der Waals surface area contributed by atoms with E-state index in [1.165, 1.54) is 27.7 Å². The minimum atomic E-state index is -4.40. The van der Waals surface area contributed by atoms with E-state index < -0.39 is 51.1 Å². The number of amides is 1. The van der Waals surface area contributed by atoms with Gasteiger partial charge in [0.15, 0.2) is 0 Å². The van der Waals surface area contributed by atoms with Crippen LogP contribution in [0.5, 0.6) is 0 Å². The lowest BCUT2D eigenvalue weighted by molar-refractivity contribution is -0.169. The molecule has 140 valence electrons. The molecule has 0 aliphatic rings. The van der Waals surface area contributed by atoms with Crippen molar-refractivity contribution in [1.29, 1.82) is 0 Å². The highest BCUT2D eigenvalue weighted by Crippen LogP contribution is 2.26. The summed E-state index contributed by atoms with van der Waals surface area (Å²) in [6.45, 7) is 6.69. The third-order valence-electron chi connectivity index (χ3n) is 3.54. The van der Waals surface area contributed by atoms with Gasteiger partial charge in [-0.3, -0.25) is 9.35 Å². The number of ether oxygens (including phenoxy) is 2. The minimum Gasteiger partial charge on any atom is -0.464 e. The normalized spacial score (nSPS) is 14.4. The first-order valence-electron chi connectivity index (χ1n) is 7.51. The van der Waals surface area contributed by atoms with E-state index in [9.17, 15) is 27.4 Å². The summed E-state index contributed by atoms with van der Waals surface area (Å²) in [7, 11) is -4.40. The van der Waals surface area contributed by atoms with Crippen LogP contribution < -0.4 is 5.32 Å². The van der Waals surface area contributed by atoms with Crippen LogP contribution in [-0.4, -0.2) is 54.8 Å². The molecule has 2 unspecified atom stereocenters. The smallest absolute Gasteiger partial charge is 0.343 e. The highest BCUT2D eigenvalue weighted by Gasteiger charge is 2.52. The van der Waals surface area contributed by atoms with E-state index in [1.807, 2.05) is 0 Å². The second-order valence-corrected chi connectivity index (χ2v) is 7.20. The van der Waals surface area contributed by atoms with Crippen molar-refractivity contribution in [2.75, 3.05) is 13.2 Å². The van der Waals surface area contributed by atoms with Crippen molar-refractivity contribution in [2.45, 2.75) is 51.8 Å². The number of carbonyl (C=O) groups is 3. The molecular formula is C14H25NO8S. The number of esters is 2. The largest absolute Gasteiger partial charge is 0.464 e. The third kappa shape index (κ3) is 5.75. The lowest BCUT2D eigenvalue weighted by atomic mass is 9.86. The number of carbonyl (C=O) groups excluding carboxylic acids is 3. The molecule has 0 saturated heterocycles. The highest BCUT2D eigenvalue weighted by atomic mass is 32.2. The maximum Gasteiger partial charge on any atom is 0.343 e. The number of hydrogen-bond acceptors (Lipinski definition) is 7. The summed E-state index contributed by atoms with van der Waals surface area (Å²) in [6, 6.07) is 0. The lowest BCUT2D eigenvalue weighted by Gasteiger charge is -2.32. The minimum absolute atomic E-state index is 0.0538. The topological polar surface area (TPSA) is 136 Å². The van der Waals surface area contributed by atoms with Crippen LogP contribution in [0.2, 0.25) is 0 Å². The molecule has 9 nitrogen and oxygen atoms in total. The van der Waals surface area contributed by atoms with E-state index in [-0.39, 0.29) is 13.2 Å². The fourth-order valence-corrected chi connectivity index (χ4v) is 2.84. The molecule has 0 spiro atoms. The first-order valence-corrected chi connectivity index (χ1v) is 9.02. The van der Waals surface area contributed by atoms with Crippen molar-refractivity contribution in [3.8, 4) is 0 Å². The van der Waals surface area contributed by atoms with Gasteiger partial charge in [0.2, 0.25) is 11.4 Å². The molecule has 0 bridgehead atoms. The van der Waals surface area contributed by atoms with Gasteiger partial charge in [0, 0.05) is 6.92 Å². The summed E-state index contributed by atoms with van der Waals surface area (Å²) in [4.78, 5) is 36.3. The van der Waals surface area contributed by atoms with Crippen molar-refractivity contribution in [2.24, 2.45) is 5.92 Å². The molecule has 24 heavy (non-hydrogen) atoms. The van der Waals surface area contributed by atoms with Crippen LogP contribution in [0.1, 0.15) is 41.0 Å². The Morgan fingerprint density at radius 3 is 1.79 bits per heavy atom. The molecule has 2 N–H and O–H groups in total. The number of nitrogens with one attached hydrogen (secondary N) is 1. The first kappa shape index (κ1) is 22.3. The highest BCUT2D eigenvalue weighted by molar-refractivity contribution is 7.86. The molecular weight excluding hydrogens is 342 g/mol.